The van der Waals surface area contributed by atoms with Crippen molar-refractivity contribution in [2.45, 2.75) is 13.0 Å². The lowest BCUT2D eigenvalue weighted by Gasteiger charge is -2.17. The summed E-state index contributed by atoms with van der Waals surface area (Å²) in [6, 6.07) is 23.7. The van der Waals surface area contributed by atoms with E-state index in [1.165, 1.54) is 19.2 Å². The number of hydrogen-bond acceptors (Lipinski definition) is 4. The van der Waals surface area contributed by atoms with Crippen LogP contribution in [0, 0.1) is 5.82 Å². The van der Waals surface area contributed by atoms with E-state index in [2.05, 4.69) is 10.6 Å². The summed E-state index contributed by atoms with van der Waals surface area (Å²) in [5.41, 5.74) is 1.57. The fourth-order valence-electron chi connectivity index (χ4n) is 3.72. The first-order chi connectivity index (χ1) is 16.9. The molecule has 0 radical (unpaired) electrons. The van der Waals surface area contributed by atoms with Crippen LogP contribution < -0.4 is 20.1 Å². The Kier molecular flexibility index (Phi) is 7.26. The number of ether oxygens (including phenoxy) is 2. The summed E-state index contributed by atoms with van der Waals surface area (Å²) in [4.78, 5) is 25.8. The fourth-order valence-corrected chi connectivity index (χ4v) is 3.72. The molecule has 0 bridgehead atoms. The first-order valence-electron chi connectivity index (χ1n) is 11.1. The van der Waals surface area contributed by atoms with Crippen LogP contribution in [0.1, 0.15) is 28.9 Å². The van der Waals surface area contributed by atoms with Crippen molar-refractivity contribution >= 4 is 28.3 Å². The van der Waals surface area contributed by atoms with Crippen molar-refractivity contribution in [1.29, 1.82) is 0 Å². The van der Waals surface area contributed by atoms with Crippen molar-refractivity contribution in [3.05, 3.63) is 102 Å². The average Bonchev–Trinajstić information content (AvgIpc) is 2.87. The maximum atomic E-state index is 13.2. The largest absolute Gasteiger partial charge is 0.495 e. The minimum atomic E-state index is -0.393. The second kappa shape index (κ2) is 10.7. The van der Waals surface area contributed by atoms with Gasteiger partial charge < -0.3 is 20.1 Å². The van der Waals surface area contributed by atoms with Crippen LogP contribution in [-0.2, 0) is 4.79 Å². The lowest BCUT2D eigenvalue weighted by molar-refractivity contribution is -0.123. The number of nitrogens with one attached hydrogen (secondary N) is 2. The molecule has 7 heteroatoms. The number of para-hydroxylation sites is 2. The highest BCUT2D eigenvalue weighted by Crippen LogP contribution is 2.29. The second-order valence-corrected chi connectivity index (χ2v) is 7.98. The first kappa shape index (κ1) is 23.8. The van der Waals surface area contributed by atoms with Gasteiger partial charge in [0.2, 0.25) is 0 Å². The highest BCUT2D eigenvalue weighted by atomic mass is 19.1. The summed E-state index contributed by atoms with van der Waals surface area (Å²) in [5, 5.41) is 7.41. The molecule has 178 valence electrons. The van der Waals surface area contributed by atoms with E-state index in [9.17, 15) is 14.0 Å². The van der Waals surface area contributed by atoms with Crippen molar-refractivity contribution in [3.63, 3.8) is 0 Å². The monoisotopic (exact) mass is 472 g/mol. The summed E-state index contributed by atoms with van der Waals surface area (Å²) in [5.74, 6) is -0.300. The number of amides is 2. The minimum Gasteiger partial charge on any atom is -0.495 e. The summed E-state index contributed by atoms with van der Waals surface area (Å²) in [6.07, 6.45) is 0. The normalized spacial score (nSPS) is 11.5. The standard InChI is InChI=1S/C28H25FN2O4/c1-18(19-11-13-22(29)14-12-19)30-27(32)17-35-26-16-21-8-4-3-7-20(21)15-23(26)28(33)31-24-9-5-6-10-25(24)34-2/h3-16,18H,17H2,1-2H3,(H,30,32)(H,31,33). The summed E-state index contributed by atoms with van der Waals surface area (Å²) < 4.78 is 24.3. The van der Waals surface area contributed by atoms with Crippen molar-refractivity contribution in [2.75, 3.05) is 19.0 Å². The van der Waals surface area contributed by atoms with Gasteiger partial charge >= 0.3 is 0 Å². The van der Waals surface area contributed by atoms with Crippen molar-refractivity contribution < 1.29 is 23.5 Å². The zero-order valence-corrected chi connectivity index (χ0v) is 19.4. The number of benzene rings is 4. The molecule has 0 heterocycles. The SMILES string of the molecule is COc1ccccc1NC(=O)c1cc2ccccc2cc1OCC(=O)NC(C)c1ccc(F)cc1. The van der Waals surface area contributed by atoms with Crippen molar-refractivity contribution in [1.82, 2.24) is 5.32 Å². The van der Waals surface area contributed by atoms with E-state index in [0.29, 0.717) is 11.4 Å². The molecule has 6 nitrogen and oxygen atoms in total. The number of methoxy groups -OCH3 is 1. The third-order valence-electron chi connectivity index (χ3n) is 5.55. The van der Waals surface area contributed by atoms with Crippen LogP contribution in [-0.4, -0.2) is 25.5 Å². The molecule has 0 fully saturated rings. The second-order valence-electron chi connectivity index (χ2n) is 7.98. The highest BCUT2D eigenvalue weighted by molar-refractivity contribution is 6.09. The van der Waals surface area contributed by atoms with Crippen LogP contribution in [0.25, 0.3) is 10.8 Å². The number of fused-ring (bicyclic) bond motifs is 1. The van der Waals surface area contributed by atoms with E-state index < -0.39 is 5.91 Å². The molecule has 2 N–H and O–H groups in total. The van der Waals surface area contributed by atoms with E-state index in [-0.39, 0.29) is 35.7 Å². The van der Waals surface area contributed by atoms with E-state index in [0.717, 1.165) is 16.3 Å². The van der Waals surface area contributed by atoms with Gasteiger partial charge in [0.1, 0.15) is 17.3 Å². The lowest BCUT2D eigenvalue weighted by Crippen LogP contribution is -2.31. The quantitative estimate of drug-likeness (QED) is 0.355. The molecule has 4 aromatic rings. The Morgan fingerprint density at radius 3 is 2.26 bits per heavy atom. The topological polar surface area (TPSA) is 76.7 Å². The van der Waals surface area contributed by atoms with Crippen molar-refractivity contribution in [3.8, 4) is 11.5 Å². The minimum absolute atomic E-state index is 0.278. The molecule has 1 unspecified atom stereocenters. The van der Waals surface area contributed by atoms with Gasteiger partial charge in [-0.15, -0.1) is 0 Å². The molecule has 0 saturated carbocycles. The number of halogens is 1. The predicted octanol–water partition coefficient (Wildman–Crippen LogP) is 5.50. The predicted molar refractivity (Wildman–Crippen MR) is 133 cm³/mol. The molecule has 0 aromatic heterocycles. The Balaban J connectivity index is 1.53. The van der Waals surface area contributed by atoms with E-state index in [1.54, 1.807) is 49.4 Å². The Hall–Kier alpha value is -4.39. The summed E-state index contributed by atoms with van der Waals surface area (Å²) in [7, 11) is 1.53. The van der Waals surface area contributed by atoms with Crippen LogP contribution in [0.5, 0.6) is 11.5 Å². The maximum absolute atomic E-state index is 13.2. The molecule has 0 aliphatic rings. The van der Waals surface area contributed by atoms with Gasteiger partial charge in [-0.05, 0) is 59.7 Å². The molecular weight excluding hydrogens is 447 g/mol. The number of carbonyl (C=O) groups excluding carboxylic acids is 2. The van der Waals surface area contributed by atoms with Crippen LogP contribution in [0.3, 0.4) is 0 Å². The van der Waals surface area contributed by atoms with Crippen LogP contribution in [0.4, 0.5) is 10.1 Å². The van der Waals surface area contributed by atoms with Gasteiger partial charge in [-0.25, -0.2) is 4.39 Å². The number of hydrogen-bond donors (Lipinski definition) is 2. The lowest BCUT2D eigenvalue weighted by atomic mass is 10.0. The summed E-state index contributed by atoms with van der Waals surface area (Å²) >= 11 is 0. The highest BCUT2D eigenvalue weighted by Gasteiger charge is 2.18. The molecular formula is C28H25FN2O4. The van der Waals surface area contributed by atoms with Gasteiger partial charge in [0.15, 0.2) is 6.61 Å². The zero-order chi connectivity index (χ0) is 24.8. The molecule has 4 rings (SSSR count). The Morgan fingerprint density at radius 1 is 0.886 bits per heavy atom. The third-order valence-corrected chi connectivity index (χ3v) is 5.55. The van der Waals surface area contributed by atoms with Crippen LogP contribution in [0.15, 0.2) is 84.9 Å². The third kappa shape index (κ3) is 5.76. The van der Waals surface area contributed by atoms with Gasteiger partial charge in [-0.1, -0.05) is 48.5 Å². The van der Waals surface area contributed by atoms with Gasteiger partial charge in [-0.2, -0.15) is 0 Å². The van der Waals surface area contributed by atoms with E-state index >= 15 is 0 Å². The van der Waals surface area contributed by atoms with Gasteiger partial charge in [0.25, 0.3) is 11.8 Å². The smallest absolute Gasteiger partial charge is 0.259 e. The van der Waals surface area contributed by atoms with E-state index in [4.69, 9.17) is 9.47 Å². The molecule has 4 aromatic carbocycles. The molecule has 0 saturated heterocycles. The Bertz CT molecular complexity index is 1350. The Labute approximate surface area is 202 Å². The van der Waals surface area contributed by atoms with Crippen LogP contribution >= 0.6 is 0 Å². The first-order valence-corrected chi connectivity index (χ1v) is 11.1. The molecule has 35 heavy (non-hydrogen) atoms. The maximum Gasteiger partial charge on any atom is 0.259 e. The number of anilines is 1. The van der Waals surface area contributed by atoms with Gasteiger partial charge in [-0.3, -0.25) is 9.59 Å². The van der Waals surface area contributed by atoms with E-state index in [1.807, 2.05) is 30.3 Å². The molecule has 0 aliphatic carbocycles. The van der Waals surface area contributed by atoms with Crippen LogP contribution in [0.2, 0.25) is 0 Å². The molecule has 0 aliphatic heterocycles. The van der Waals surface area contributed by atoms with Gasteiger partial charge in [0, 0.05) is 0 Å². The number of rotatable bonds is 8. The molecule has 2 amide bonds. The zero-order valence-electron chi connectivity index (χ0n) is 19.4. The summed E-state index contributed by atoms with van der Waals surface area (Å²) in [6.45, 7) is 1.51. The average molecular weight is 473 g/mol. The van der Waals surface area contributed by atoms with Crippen molar-refractivity contribution in [2.24, 2.45) is 0 Å². The number of carbonyl (C=O) groups is 2. The Morgan fingerprint density at radius 2 is 1.54 bits per heavy atom. The molecule has 0 spiro atoms. The van der Waals surface area contributed by atoms with Gasteiger partial charge in [0.05, 0.1) is 24.4 Å². The fraction of sp³-hybridized carbons (Fsp3) is 0.143. The molecule has 1 atom stereocenters.